The van der Waals surface area contributed by atoms with Crippen LogP contribution in [0.1, 0.15) is 30.8 Å². The van der Waals surface area contributed by atoms with Gasteiger partial charge in [-0.1, -0.05) is 19.9 Å². The lowest BCUT2D eigenvalue weighted by molar-refractivity contribution is 0.0528. The Hall–Kier alpha value is -1.86. The number of hydrogen-bond acceptors (Lipinski definition) is 4. The summed E-state index contributed by atoms with van der Waals surface area (Å²) in [6.07, 6.45) is 0.720. The van der Waals surface area contributed by atoms with E-state index in [2.05, 4.69) is 4.98 Å². The number of carbonyl (C=O) groups is 1. The van der Waals surface area contributed by atoms with Gasteiger partial charge in [0.05, 0.1) is 5.56 Å². The van der Waals surface area contributed by atoms with E-state index in [1.54, 1.807) is 10.3 Å². The Labute approximate surface area is 143 Å². The van der Waals surface area contributed by atoms with Crippen molar-refractivity contribution in [3.63, 3.8) is 0 Å². The fraction of sp³-hybridized carbons (Fsp3) is 0.412. The smallest absolute Gasteiger partial charge is 0.273 e. The number of piperidine rings is 1. The lowest BCUT2D eigenvalue weighted by Crippen LogP contribution is -2.54. The van der Waals surface area contributed by atoms with Crippen LogP contribution >= 0.6 is 11.3 Å². The summed E-state index contributed by atoms with van der Waals surface area (Å²) in [6, 6.07) is 3.69. The molecule has 7 heteroatoms. The Kier molecular flexibility index (Phi) is 4.40. The maximum Gasteiger partial charge on any atom is 0.273 e. The molecule has 0 saturated carbocycles. The Bertz CT molecular complexity index is 755. The summed E-state index contributed by atoms with van der Waals surface area (Å²) in [5, 5.41) is 1.72. The van der Waals surface area contributed by atoms with Crippen LogP contribution in [-0.4, -0.2) is 34.9 Å². The van der Waals surface area contributed by atoms with Crippen LogP contribution in [0.4, 0.5) is 8.78 Å². The van der Waals surface area contributed by atoms with Crippen LogP contribution in [0.2, 0.25) is 0 Å². The molecule has 128 valence electrons. The highest BCUT2D eigenvalue weighted by Gasteiger charge is 2.36. The summed E-state index contributed by atoms with van der Waals surface area (Å²) in [6.45, 7) is 5.15. The molecule has 1 fully saturated rings. The third kappa shape index (κ3) is 3.06. The number of nitrogens with zero attached hydrogens (tertiary/aromatic N) is 2. The topological polar surface area (TPSA) is 59.2 Å². The molecule has 2 heterocycles. The second-order valence-corrected chi connectivity index (χ2v) is 7.60. The molecule has 2 aromatic rings. The first-order chi connectivity index (χ1) is 11.3. The van der Waals surface area contributed by atoms with Crippen LogP contribution in [0.15, 0.2) is 23.6 Å². The van der Waals surface area contributed by atoms with E-state index in [0.717, 1.165) is 17.8 Å². The number of rotatable bonds is 2. The fourth-order valence-electron chi connectivity index (χ4n) is 2.90. The van der Waals surface area contributed by atoms with Crippen molar-refractivity contribution in [3.8, 4) is 10.6 Å². The van der Waals surface area contributed by atoms with Crippen molar-refractivity contribution in [1.29, 1.82) is 0 Å². The van der Waals surface area contributed by atoms with Crippen LogP contribution in [0, 0.1) is 17.0 Å². The third-order valence-electron chi connectivity index (χ3n) is 4.50. The zero-order chi connectivity index (χ0) is 17.5. The van der Waals surface area contributed by atoms with E-state index in [4.69, 9.17) is 5.73 Å². The summed E-state index contributed by atoms with van der Waals surface area (Å²) in [5.74, 6) is -1.60. The molecule has 1 unspecified atom stereocenters. The molecule has 0 aliphatic carbocycles. The van der Waals surface area contributed by atoms with E-state index < -0.39 is 11.6 Å². The van der Waals surface area contributed by atoms with E-state index in [9.17, 15) is 13.6 Å². The van der Waals surface area contributed by atoms with E-state index in [-0.39, 0.29) is 33.6 Å². The Morgan fingerprint density at radius 3 is 2.67 bits per heavy atom. The van der Waals surface area contributed by atoms with Gasteiger partial charge in [0.15, 0.2) is 0 Å². The fourth-order valence-corrected chi connectivity index (χ4v) is 3.74. The van der Waals surface area contributed by atoms with Crippen molar-refractivity contribution in [2.24, 2.45) is 11.1 Å². The number of nitrogens with two attached hydrogens (primary N) is 1. The highest BCUT2D eigenvalue weighted by atomic mass is 32.1. The molecule has 1 aromatic carbocycles. The van der Waals surface area contributed by atoms with Crippen LogP contribution < -0.4 is 5.73 Å². The summed E-state index contributed by atoms with van der Waals surface area (Å²) >= 11 is 1.06. The van der Waals surface area contributed by atoms with Gasteiger partial charge in [-0.3, -0.25) is 4.79 Å². The number of benzene rings is 1. The minimum atomic E-state index is -0.687. The van der Waals surface area contributed by atoms with Gasteiger partial charge in [-0.05, 0) is 24.0 Å². The number of aromatic nitrogens is 1. The van der Waals surface area contributed by atoms with E-state index in [0.29, 0.717) is 13.1 Å². The molecule has 2 N–H and O–H groups in total. The number of hydrogen-bond donors (Lipinski definition) is 1. The second kappa shape index (κ2) is 6.22. The quantitative estimate of drug-likeness (QED) is 0.903. The van der Waals surface area contributed by atoms with Gasteiger partial charge in [0.2, 0.25) is 0 Å². The molecular weight excluding hydrogens is 332 g/mol. The molecular formula is C17H19F2N3OS. The molecule has 1 aromatic heterocycles. The zero-order valence-electron chi connectivity index (χ0n) is 13.6. The summed E-state index contributed by atoms with van der Waals surface area (Å²) in [5.41, 5.74) is 5.94. The molecule has 1 amide bonds. The Balaban J connectivity index is 1.85. The van der Waals surface area contributed by atoms with Crippen LogP contribution in [0.25, 0.3) is 10.6 Å². The van der Waals surface area contributed by atoms with Crippen molar-refractivity contribution in [2.45, 2.75) is 26.3 Å². The van der Waals surface area contributed by atoms with Crippen LogP contribution in [0.5, 0.6) is 0 Å². The maximum atomic E-state index is 13.9. The molecule has 0 spiro atoms. The minimum Gasteiger partial charge on any atom is -0.337 e. The molecule has 24 heavy (non-hydrogen) atoms. The van der Waals surface area contributed by atoms with E-state index in [1.165, 1.54) is 18.2 Å². The van der Waals surface area contributed by atoms with Gasteiger partial charge in [0.25, 0.3) is 5.91 Å². The predicted octanol–water partition coefficient (Wildman–Crippen LogP) is 3.29. The SMILES string of the molecule is CC1(C)CN(C(=O)c2csc(-c3c(F)cccc3F)n2)CCC1N. The molecule has 0 bridgehead atoms. The molecule has 1 aliphatic rings. The predicted molar refractivity (Wildman–Crippen MR) is 89.7 cm³/mol. The Morgan fingerprint density at radius 2 is 2.04 bits per heavy atom. The normalized spacial score (nSPS) is 20.2. The lowest BCUT2D eigenvalue weighted by atomic mass is 9.79. The first kappa shape index (κ1) is 17.0. The van der Waals surface area contributed by atoms with Crippen LogP contribution in [-0.2, 0) is 0 Å². The van der Waals surface area contributed by atoms with Crippen molar-refractivity contribution >= 4 is 17.2 Å². The van der Waals surface area contributed by atoms with E-state index >= 15 is 0 Å². The van der Waals surface area contributed by atoms with E-state index in [1.807, 2.05) is 13.8 Å². The first-order valence-corrected chi connectivity index (χ1v) is 8.62. The van der Waals surface area contributed by atoms with Gasteiger partial charge >= 0.3 is 0 Å². The maximum absolute atomic E-state index is 13.9. The standard InChI is InChI=1S/C17H19F2N3OS/c1-17(2)9-22(7-6-13(17)20)16(23)12-8-24-15(21-12)14-10(18)4-3-5-11(14)19/h3-5,8,13H,6-7,9,20H2,1-2H3. The number of amides is 1. The lowest BCUT2D eigenvalue weighted by Gasteiger charge is -2.42. The van der Waals surface area contributed by atoms with Gasteiger partial charge in [-0.15, -0.1) is 11.3 Å². The van der Waals surface area contributed by atoms with Crippen LogP contribution in [0.3, 0.4) is 0 Å². The molecule has 1 aliphatic heterocycles. The second-order valence-electron chi connectivity index (χ2n) is 6.75. The highest BCUT2D eigenvalue weighted by Crippen LogP contribution is 2.31. The van der Waals surface area contributed by atoms with Crippen molar-refractivity contribution < 1.29 is 13.6 Å². The Morgan fingerprint density at radius 1 is 1.38 bits per heavy atom. The van der Waals surface area contributed by atoms with Crippen molar-refractivity contribution in [3.05, 3.63) is 40.9 Å². The summed E-state index contributed by atoms with van der Waals surface area (Å²) < 4.78 is 27.7. The highest BCUT2D eigenvalue weighted by molar-refractivity contribution is 7.13. The third-order valence-corrected chi connectivity index (χ3v) is 5.36. The van der Waals surface area contributed by atoms with Gasteiger partial charge in [-0.25, -0.2) is 13.8 Å². The minimum absolute atomic E-state index is 0.0417. The van der Waals surface area contributed by atoms with Gasteiger partial charge in [0.1, 0.15) is 22.3 Å². The molecule has 3 rings (SSSR count). The van der Waals surface area contributed by atoms with Gasteiger partial charge in [0, 0.05) is 24.5 Å². The van der Waals surface area contributed by atoms with Gasteiger partial charge < -0.3 is 10.6 Å². The molecule has 1 atom stereocenters. The summed E-state index contributed by atoms with van der Waals surface area (Å²) in [4.78, 5) is 18.5. The number of likely N-dealkylation sites (tertiary alicyclic amines) is 1. The molecule has 1 saturated heterocycles. The largest absolute Gasteiger partial charge is 0.337 e. The monoisotopic (exact) mass is 351 g/mol. The van der Waals surface area contributed by atoms with Gasteiger partial charge in [-0.2, -0.15) is 0 Å². The molecule has 0 radical (unpaired) electrons. The number of halogens is 2. The van der Waals surface area contributed by atoms with Crippen molar-refractivity contribution in [1.82, 2.24) is 9.88 Å². The average Bonchev–Trinajstić information content (AvgIpc) is 2.98. The zero-order valence-corrected chi connectivity index (χ0v) is 14.4. The average molecular weight is 351 g/mol. The number of carbonyl (C=O) groups excluding carboxylic acids is 1. The summed E-state index contributed by atoms with van der Waals surface area (Å²) in [7, 11) is 0. The first-order valence-electron chi connectivity index (χ1n) is 7.74. The molecule has 4 nitrogen and oxygen atoms in total. The van der Waals surface area contributed by atoms with Crippen molar-refractivity contribution in [2.75, 3.05) is 13.1 Å². The number of thiazole rings is 1.